The quantitative estimate of drug-likeness (QED) is 0.811. The van der Waals surface area contributed by atoms with Crippen molar-refractivity contribution >= 4 is 17.5 Å². The Bertz CT molecular complexity index is 663. The van der Waals surface area contributed by atoms with E-state index in [0.29, 0.717) is 26.2 Å². The van der Waals surface area contributed by atoms with Crippen LogP contribution < -0.4 is 9.64 Å². The summed E-state index contributed by atoms with van der Waals surface area (Å²) in [5.41, 5.74) is 0.847. The topological polar surface area (TPSA) is 53.1 Å². The highest BCUT2D eigenvalue weighted by atomic mass is 16.5. The summed E-state index contributed by atoms with van der Waals surface area (Å²) < 4.78 is 5.63. The van der Waals surface area contributed by atoms with Crippen molar-refractivity contribution in [1.29, 1.82) is 0 Å². The van der Waals surface area contributed by atoms with Crippen molar-refractivity contribution in [1.82, 2.24) is 9.80 Å². The zero-order valence-electron chi connectivity index (χ0n) is 14.0. The maximum atomic E-state index is 12.9. The second-order valence-electron chi connectivity index (χ2n) is 6.93. The Morgan fingerprint density at radius 2 is 2.08 bits per heavy atom. The van der Waals surface area contributed by atoms with Gasteiger partial charge in [-0.15, -0.1) is 0 Å². The number of hydrogen-bond donors (Lipinski definition) is 0. The number of anilines is 1. The minimum absolute atomic E-state index is 0.0403. The molecule has 1 aromatic rings. The van der Waals surface area contributed by atoms with Crippen molar-refractivity contribution in [2.75, 3.05) is 44.7 Å². The van der Waals surface area contributed by atoms with Gasteiger partial charge in [0.2, 0.25) is 11.8 Å². The van der Waals surface area contributed by atoms with Crippen LogP contribution in [0.1, 0.15) is 12.8 Å². The van der Waals surface area contributed by atoms with E-state index in [1.54, 1.807) is 0 Å². The van der Waals surface area contributed by atoms with Gasteiger partial charge in [-0.05, 0) is 25.0 Å². The first-order valence-corrected chi connectivity index (χ1v) is 8.64. The molecule has 128 valence electrons. The van der Waals surface area contributed by atoms with Crippen molar-refractivity contribution in [3.05, 3.63) is 24.3 Å². The van der Waals surface area contributed by atoms with E-state index in [1.165, 1.54) is 0 Å². The first kappa shape index (κ1) is 15.4. The standard InChI is InChI=1S/C18H23N3O3/c1-19-14-7-6-13(18(19)23)10-20(11-14)12-17(22)21-8-9-24-16-5-3-2-4-15(16)21/h2-5,13-14H,6-12H2,1H3/t13-,14+/m1/s1. The number of fused-ring (bicyclic) bond motifs is 5. The predicted molar refractivity (Wildman–Crippen MR) is 90.0 cm³/mol. The molecule has 2 atom stereocenters. The second kappa shape index (κ2) is 6.09. The van der Waals surface area contributed by atoms with Crippen molar-refractivity contribution < 1.29 is 14.3 Å². The molecule has 24 heavy (non-hydrogen) atoms. The molecule has 4 heterocycles. The van der Waals surface area contributed by atoms with Gasteiger partial charge in [0.25, 0.3) is 0 Å². The summed E-state index contributed by atoms with van der Waals surface area (Å²) in [6, 6.07) is 7.90. The molecule has 4 aliphatic rings. The fourth-order valence-electron chi connectivity index (χ4n) is 4.08. The lowest BCUT2D eigenvalue weighted by Gasteiger charge is -2.33. The number of carbonyl (C=O) groups is 2. The molecule has 3 fully saturated rings. The summed E-state index contributed by atoms with van der Waals surface area (Å²) in [6.45, 7) is 2.95. The van der Waals surface area contributed by atoms with E-state index in [0.717, 1.165) is 30.8 Å². The molecule has 0 unspecified atom stereocenters. The van der Waals surface area contributed by atoms with Gasteiger partial charge in [0, 0.05) is 26.2 Å². The maximum absolute atomic E-state index is 12.9. The molecular formula is C18H23N3O3. The van der Waals surface area contributed by atoms with E-state index >= 15 is 0 Å². The lowest BCUT2D eigenvalue weighted by Crippen LogP contribution is -2.46. The molecule has 0 aliphatic carbocycles. The summed E-state index contributed by atoms with van der Waals surface area (Å²) in [4.78, 5) is 31.0. The van der Waals surface area contributed by atoms with E-state index in [2.05, 4.69) is 4.90 Å². The van der Waals surface area contributed by atoms with Crippen LogP contribution in [0.5, 0.6) is 5.75 Å². The van der Waals surface area contributed by atoms with Crippen LogP contribution in [0, 0.1) is 5.92 Å². The highest BCUT2D eigenvalue weighted by Crippen LogP contribution is 2.32. The van der Waals surface area contributed by atoms with Gasteiger partial charge in [-0.2, -0.15) is 0 Å². The number of amides is 2. The number of ether oxygens (including phenoxy) is 1. The summed E-state index contributed by atoms with van der Waals surface area (Å²) in [7, 11) is 1.89. The number of carbonyl (C=O) groups excluding carboxylic acids is 2. The van der Waals surface area contributed by atoms with Gasteiger partial charge in [-0.3, -0.25) is 14.5 Å². The van der Waals surface area contributed by atoms with Crippen LogP contribution in [-0.2, 0) is 9.59 Å². The second-order valence-corrected chi connectivity index (χ2v) is 6.93. The van der Waals surface area contributed by atoms with E-state index in [-0.39, 0.29) is 23.8 Å². The van der Waals surface area contributed by atoms with Gasteiger partial charge in [0.1, 0.15) is 12.4 Å². The molecule has 6 nitrogen and oxygen atoms in total. The average Bonchev–Trinajstić information content (AvgIpc) is 2.87. The van der Waals surface area contributed by atoms with Gasteiger partial charge in [0.05, 0.1) is 24.7 Å². The number of nitrogens with zero attached hydrogens (tertiary/aromatic N) is 3. The highest BCUT2D eigenvalue weighted by Gasteiger charge is 2.39. The van der Waals surface area contributed by atoms with E-state index in [9.17, 15) is 9.59 Å². The van der Waals surface area contributed by atoms with E-state index in [1.807, 2.05) is 41.1 Å². The monoisotopic (exact) mass is 329 g/mol. The van der Waals surface area contributed by atoms with Crippen LogP contribution in [0.4, 0.5) is 5.69 Å². The van der Waals surface area contributed by atoms with Crippen LogP contribution in [0.3, 0.4) is 0 Å². The number of hydrogen-bond acceptors (Lipinski definition) is 4. The Morgan fingerprint density at radius 3 is 2.96 bits per heavy atom. The smallest absolute Gasteiger partial charge is 0.241 e. The SMILES string of the molecule is CN1C(=O)[C@@H]2CC[C@H]1CN(CC(=O)N1CCOc3ccccc31)C2. The third-order valence-corrected chi connectivity index (χ3v) is 5.43. The van der Waals surface area contributed by atoms with Gasteiger partial charge < -0.3 is 14.5 Å². The minimum atomic E-state index is 0.0403. The van der Waals surface area contributed by atoms with Crippen LogP contribution in [0.25, 0.3) is 0 Å². The van der Waals surface area contributed by atoms with Crippen LogP contribution >= 0.6 is 0 Å². The molecule has 0 aromatic heterocycles. The maximum Gasteiger partial charge on any atom is 0.241 e. The van der Waals surface area contributed by atoms with Crippen molar-refractivity contribution in [3.63, 3.8) is 0 Å². The van der Waals surface area contributed by atoms with Crippen LogP contribution in [0.2, 0.25) is 0 Å². The molecule has 2 amide bonds. The number of benzene rings is 1. The summed E-state index contributed by atoms with van der Waals surface area (Å²) >= 11 is 0. The van der Waals surface area contributed by atoms with Gasteiger partial charge in [-0.1, -0.05) is 12.1 Å². The molecule has 3 saturated heterocycles. The Morgan fingerprint density at radius 1 is 1.25 bits per heavy atom. The third kappa shape index (κ3) is 2.65. The van der Waals surface area contributed by atoms with Crippen LogP contribution in [0.15, 0.2) is 24.3 Å². The normalized spacial score (nSPS) is 26.8. The lowest BCUT2D eigenvalue weighted by molar-refractivity contribution is -0.138. The number of likely N-dealkylation sites (N-methyl/N-ethyl adjacent to an activating group) is 1. The van der Waals surface area contributed by atoms with Gasteiger partial charge >= 0.3 is 0 Å². The summed E-state index contributed by atoms with van der Waals surface area (Å²) in [5.74, 6) is 1.13. The lowest BCUT2D eigenvalue weighted by atomic mass is 9.95. The molecule has 0 radical (unpaired) electrons. The Labute approximate surface area is 142 Å². The third-order valence-electron chi connectivity index (χ3n) is 5.43. The fourth-order valence-corrected chi connectivity index (χ4v) is 4.08. The molecule has 0 N–H and O–H groups in total. The Hall–Kier alpha value is -2.08. The van der Waals surface area contributed by atoms with Crippen molar-refractivity contribution in [3.8, 4) is 5.75 Å². The molecule has 0 saturated carbocycles. The highest BCUT2D eigenvalue weighted by molar-refractivity contribution is 5.96. The molecule has 1 aromatic carbocycles. The predicted octanol–water partition coefficient (Wildman–Crippen LogP) is 0.965. The molecule has 4 aliphatic heterocycles. The van der Waals surface area contributed by atoms with Gasteiger partial charge in [-0.25, -0.2) is 0 Å². The molecule has 2 bridgehead atoms. The zero-order valence-corrected chi connectivity index (χ0v) is 14.0. The van der Waals surface area contributed by atoms with Crippen molar-refractivity contribution in [2.24, 2.45) is 5.92 Å². The molecule has 0 spiro atoms. The van der Waals surface area contributed by atoms with Gasteiger partial charge in [0.15, 0.2) is 0 Å². The summed E-state index contributed by atoms with van der Waals surface area (Å²) in [5, 5.41) is 0. The first-order valence-electron chi connectivity index (χ1n) is 8.64. The Balaban J connectivity index is 1.48. The summed E-state index contributed by atoms with van der Waals surface area (Å²) in [6.07, 6.45) is 1.98. The van der Waals surface area contributed by atoms with Crippen molar-refractivity contribution in [2.45, 2.75) is 18.9 Å². The number of rotatable bonds is 2. The molecular weight excluding hydrogens is 306 g/mol. The largest absolute Gasteiger partial charge is 0.490 e. The minimum Gasteiger partial charge on any atom is -0.490 e. The Kier molecular flexibility index (Phi) is 3.92. The number of para-hydroxylation sites is 2. The van der Waals surface area contributed by atoms with E-state index in [4.69, 9.17) is 4.74 Å². The first-order chi connectivity index (χ1) is 11.6. The number of piperidine rings is 1. The zero-order chi connectivity index (χ0) is 16.7. The fraction of sp³-hybridized carbons (Fsp3) is 0.556. The molecule has 5 rings (SSSR count). The average molecular weight is 329 g/mol. The van der Waals surface area contributed by atoms with Crippen LogP contribution in [-0.4, -0.2) is 67.5 Å². The van der Waals surface area contributed by atoms with E-state index < -0.39 is 0 Å². The molecule has 6 heteroatoms.